The van der Waals surface area contributed by atoms with Gasteiger partial charge in [0.05, 0.1) is 0 Å². The van der Waals surface area contributed by atoms with Gasteiger partial charge in [0.2, 0.25) is 5.56 Å². The van der Waals surface area contributed by atoms with Gasteiger partial charge >= 0.3 is 0 Å². The Labute approximate surface area is 106 Å². The lowest BCUT2D eigenvalue weighted by molar-refractivity contribution is 0.0643. The van der Waals surface area contributed by atoms with Crippen molar-refractivity contribution in [3.8, 4) is 0 Å². The average molecular weight is 249 g/mol. The molecule has 98 valence electrons. The van der Waals surface area contributed by atoms with Crippen LogP contribution >= 0.6 is 0 Å². The maximum Gasteiger partial charge on any atom is 0.270 e. The standard InChI is InChI=1S/C13H19N3O2/c1-2-9-8-16(7-6-10(9)14)13(18)11-4-3-5-12(17)15-11/h3-5,9-10H,2,6-8,14H2,1H3,(H,15,17). The van der Waals surface area contributed by atoms with Gasteiger partial charge in [0.15, 0.2) is 0 Å². The van der Waals surface area contributed by atoms with E-state index in [1.165, 1.54) is 6.07 Å². The fraction of sp³-hybridized carbons (Fsp3) is 0.538. The number of nitrogens with one attached hydrogen (secondary N) is 1. The van der Waals surface area contributed by atoms with E-state index in [0.29, 0.717) is 24.7 Å². The molecular formula is C13H19N3O2. The molecule has 0 aromatic carbocycles. The van der Waals surface area contributed by atoms with Crippen LogP contribution in [0.25, 0.3) is 0 Å². The van der Waals surface area contributed by atoms with Crippen LogP contribution in [0.2, 0.25) is 0 Å². The lowest BCUT2D eigenvalue weighted by atomic mass is 9.90. The highest BCUT2D eigenvalue weighted by Gasteiger charge is 2.28. The van der Waals surface area contributed by atoms with Crippen molar-refractivity contribution in [3.63, 3.8) is 0 Å². The summed E-state index contributed by atoms with van der Waals surface area (Å²) in [6.07, 6.45) is 1.79. The molecule has 5 heteroatoms. The van der Waals surface area contributed by atoms with Crippen molar-refractivity contribution in [2.75, 3.05) is 13.1 Å². The van der Waals surface area contributed by atoms with Crippen LogP contribution in [-0.4, -0.2) is 34.9 Å². The van der Waals surface area contributed by atoms with Gasteiger partial charge in [0.1, 0.15) is 5.69 Å². The SMILES string of the molecule is CCC1CN(C(=O)c2cccc(=O)[nH]2)CCC1N. The molecule has 5 nitrogen and oxygen atoms in total. The third kappa shape index (κ3) is 2.61. The first-order chi connectivity index (χ1) is 8.61. The van der Waals surface area contributed by atoms with Gasteiger partial charge in [0.25, 0.3) is 5.91 Å². The highest BCUT2D eigenvalue weighted by Crippen LogP contribution is 2.19. The summed E-state index contributed by atoms with van der Waals surface area (Å²) < 4.78 is 0. The van der Waals surface area contributed by atoms with Crippen LogP contribution in [0.15, 0.2) is 23.0 Å². The largest absolute Gasteiger partial charge is 0.337 e. The van der Waals surface area contributed by atoms with Crippen molar-refractivity contribution in [1.29, 1.82) is 0 Å². The zero-order chi connectivity index (χ0) is 13.1. The monoisotopic (exact) mass is 249 g/mol. The molecule has 1 fully saturated rings. The molecule has 1 aliphatic heterocycles. The Hall–Kier alpha value is -1.62. The minimum absolute atomic E-state index is 0.113. The molecule has 2 unspecified atom stereocenters. The number of aromatic nitrogens is 1. The molecule has 1 saturated heterocycles. The molecule has 1 aliphatic rings. The molecule has 1 aromatic heterocycles. The molecule has 0 saturated carbocycles. The van der Waals surface area contributed by atoms with Crippen molar-refractivity contribution in [2.24, 2.45) is 11.7 Å². The Bertz CT molecular complexity index is 483. The average Bonchev–Trinajstić information content (AvgIpc) is 2.38. The number of amides is 1. The summed E-state index contributed by atoms with van der Waals surface area (Å²) in [6.45, 7) is 3.42. The number of pyridine rings is 1. The number of nitrogens with zero attached hydrogens (tertiary/aromatic N) is 1. The molecule has 0 radical (unpaired) electrons. The van der Waals surface area contributed by atoms with E-state index in [0.717, 1.165) is 12.8 Å². The Morgan fingerprint density at radius 3 is 3.00 bits per heavy atom. The van der Waals surface area contributed by atoms with Crippen LogP contribution in [-0.2, 0) is 0 Å². The van der Waals surface area contributed by atoms with Crippen LogP contribution in [0.4, 0.5) is 0 Å². The lowest BCUT2D eigenvalue weighted by Gasteiger charge is -2.36. The zero-order valence-electron chi connectivity index (χ0n) is 10.6. The fourth-order valence-electron chi connectivity index (χ4n) is 2.41. The van der Waals surface area contributed by atoms with E-state index in [-0.39, 0.29) is 17.5 Å². The zero-order valence-corrected chi connectivity index (χ0v) is 10.6. The van der Waals surface area contributed by atoms with Crippen molar-refractivity contribution < 1.29 is 4.79 Å². The maximum absolute atomic E-state index is 12.2. The summed E-state index contributed by atoms with van der Waals surface area (Å²) in [6, 6.07) is 4.81. The number of hydrogen-bond donors (Lipinski definition) is 2. The quantitative estimate of drug-likeness (QED) is 0.804. The molecule has 18 heavy (non-hydrogen) atoms. The number of likely N-dealkylation sites (tertiary alicyclic amines) is 1. The third-order valence-corrected chi connectivity index (χ3v) is 3.60. The van der Waals surface area contributed by atoms with Gasteiger partial charge in [-0.05, 0) is 18.4 Å². The molecular weight excluding hydrogens is 230 g/mol. The number of nitrogens with two attached hydrogens (primary N) is 1. The number of rotatable bonds is 2. The van der Waals surface area contributed by atoms with E-state index >= 15 is 0 Å². The van der Waals surface area contributed by atoms with Gasteiger partial charge in [-0.3, -0.25) is 9.59 Å². The van der Waals surface area contributed by atoms with Crippen LogP contribution in [0.5, 0.6) is 0 Å². The minimum Gasteiger partial charge on any atom is -0.337 e. The molecule has 3 N–H and O–H groups in total. The van der Waals surface area contributed by atoms with Gasteiger partial charge in [-0.25, -0.2) is 0 Å². The second kappa shape index (κ2) is 5.35. The Kier molecular flexibility index (Phi) is 3.81. The number of H-pyrrole nitrogens is 1. The molecule has 0 aliphatic carbocycles. The number of aromatic amines is 1. The number of hydrogen-bond acceptors (Lipinski definition) is 3. The van der Waals surface area contributed by atoms with Crippen LogP contribution in [0.1, 0.15) is 30.3 Å². The van der Waals surface area contributed by atoms with E-state index in [4.69, 9.17) is 5.73 Å². The first-order valence-corrected chi connectivity index (χ1v) is 6.36. The molecule has 0 spiro atoms. The van der Waals surface area contributed by atoms with Gasteiger partial charge in [-0.2, -0.15) is 0 Å². The van der Waals surface area contributed by atoms with E-state index in [1.54, 1.807) is 17.0 Å². The highest BCUT2D eigenvalue weighted by molar-refractivity contribution is 5.92. The molecule has 2 heterocycles. The summed E-state index contributed by atoms with van der Waals surface area (Å²) in [5.41, 5.74) is 6.12. The van der Waals surface area contributed by atoms with Crippen molar-refractivity contribution >= 4 is 5.91 Å². The third-order valence-electron chi connectivity index (χ3n) is 3.60. The molecule has 1 aromatic rings. The maximum atomic E-state index is 12.2. The molecule has 2 rings (SSSR count). The minimum atomic E-state index is -0.249. The Morgan fingerprint density at radius 2 is 2.33 bits per heavy atom. The topological polar surface area (TPSA) is 79.2 Å². The van der Waals surface area contributed by atoms with Crippen LogP contribution < -0.4 is 11.3 Å². The van der Waals surface area contributed by atoms with Gasteiger partial charge < -0.3 is 15.6 Å². The van der Waals surface area contributed by atoms with Crippen molar-refractivity contribution in [2.45, 2.75) is 25.8 Å². The lowest BCUT2D eigenvalue weighted by Crippen LogP contribution is -2.49. The van der Waals surface area contributed by atoms with E-state index in [2.05, 4.69) is 11.9 Å². The van der Waals surface area contributed by atoms with E-state index in [9.17, 15) is 9.59 Å². The van der Waals surface area contributed by atoms with Gasteiger partial charge in [0, 0.05) is 25.2 Å². The fourth-order valence-corrected chi connectivity index (χ4v) is 2.41. The van der Waals surface area contributed by atoms with Crippen LogP contribution in [0.3, 0.4) is 0 Å². The van der Waals surface area contributed by atoms with E-state index < -0.39 is 0 Å². The van der Waals surface area contributed by atoms with E-state index in [1.807, 2.05) is 0 Å². The second-order valence-corrected chi connectivity index (χ2v) is 4.80. The summed E-state index contributed by atoms with van der Waals surface area (Å²) >= 11 is 0. The molecule has 1 amide bonds. The first-order valence-electron chi connectivity index (χ1n) is 6.36. The van der Waals surface area contributed by atoms with Gasteiger partial charge in [-0.15, -0.1) is 0 Å². The van der Waals surface area contributed by atoms with Crippen molar-refractivity contribution in [3.05, 3.63) is 34.2 Å². The Balaban J connectivity index is 2.12. The number of piperidine rings is 1. The van der Waals surface area contributed by atoms with Gasteiger partial charge in [-0.1, -0.05) is 19.4 Å². The predicted molar refractivity (Wildman–Crippen MR) is 69.3 cm³/mol. The highest BCUT2D eigenvalue weighted by atomic mass is 16.2. The normalized spacial score (nSPS) is 24.0. The summed E-state index contributed by atoms with van der Waals surface area (Å²) in [4.78, 5) is 27.8. The second-order valence-electron chi connectivity index (χ2n) is 4.80. The summed E-state index contributed by atoms with van der Waals surface area (Å²) in [5, 5.41) is 0. The van der Waals surface area contributed by atoms with Crippen LogP contribution in [0, 0.1) is 5.92 Å². The Morgan fingerprint density at radius 1 is 1.56 bits per heavy atom. The smallest absolute Gasteiger partial charge is 0.270 e. The van der Waals surface area contributed by atoms with Crippen molar-refractivity contribution in [1.82, 2.24) is 9.88 Å². The summed E-state index contributed by atoms with van der Waals surface area (Å²) in [5.74, 6) is 0.233. The number of carbonyl (C=O) groups is 1. The first kappa shape index (κ1) is 12.8. The molecule has 2 atom stereocenters. The number of carbonyl (C=O) groups excluding carboxylic acids is 1. The predicted octanol–water partition coefficient (Wildman–Crippen LogP) is 0.574. The molecule has 0 bridgehead atoms. The summed E-state index contributed by atoms with van der Waals surface area (Å²) in [7, 11) is 0.